The van der Waals surface area contributed by atoms with Crippen LogP contribution < -0.4 is 5.73 Å². The first kappa shape index (κ1) is 12.6. The molecule has 0 fully saturated rings. The van der Waals surface area contributed by atoms with Crippen LogP contribution in [0.1, 0.15) is 28.8 Å². The molecule has 0 saturated carbocycles. The zero-order valence-corrected chi connectivity index (χ0v) is 11.1. The van der Waals surface area contributed by atoms with Gasteiger partial charge in [0.05, 0.1) is 5.52 Å². The molecule has 0 aliphatic heterocycles. The second-order valence-electron chi connectivity index (χ2n) is 4.81. The Morgan fingerprint density at radius 3 is 2.56 bits per heavy atom. The fourth-order valence-electron chi connectivity index (χ4n) is 2.33. The van der Waals surface area contributed by atoms with Gasteiger partial charge in [0.2, 0.25) is 5.91 Å². The number of benzene rings is 1. The summed E-state index contributed by atoms with van der Waals surface area (Å²) in [6, 6.07) is 6.24. The van der Waals surface area contributed by atoms with Gasteiger partial charge in [-0.05, 0) is 49.9 Å². The van der Waals surface area contributed by atoms with Crippen LogP contribution in [0.2, 0.25) is 0 Å². The SMILES string of the molecule is Cc1cc(CCC(N)=O)c2c(C)ccc(C)c2n1. The van der Waals surface area contributed by atoms with E-state index in [1.165, 1.54) is 16.5 Å². The van der Waals surface area contributed by atoms with E-state index in [9.17, 15) is 4.79 Å². The van der Waals surface area contributed by atoms with Gasteiger partial charge in [-0.25, -0.2) is 0 Å². The molecule has 0 bridgehead atoms. The molecule has 1 aromatic carbocycles. The van der Waals surface area contributed by atoms with Gasteiger partial charge in [-0.2, -0.15) is 0 Å². The Labute approximate surface area is 107 Å². The third kappa shape index (κ3) is 2.35. The van der Waals surface area contributed by atoms with Crippen LogP contribution in [0.5, 0.6) is 0 Å². The number of nitrogens with two attached hydrogens (primary N) is 1. The first-order valence-electron chi connectivity index (χ1n) is 6.14. The van der Waals surface area contributed by atoms with E-state index in [1.807, 2.05) is 6.92 Å². The number of carbonyl (C=O) groups excluding carboxylic acids is 1. The molecule has 1 heterocycles. The zero-order chi connectivity index (χ0) is 13.3. The van der Waals surface area contributed by atoms with Gasteiger partial charge in [-0.3, -0.25) is 9.78 Å². The molecule has 0 saturated heterocycles. The van der Waals surface area contributed by atoms with Gasteiger partial charge in [0.15, 0.2) is 0 Å². The summed E-state index contributed by atoms with van der Waals surface area (Å²) in [6.45, 7) is 6.12. The van der Waals surface area contributed by atoms with E-state index in [2.05, 4.69) is 37.0 Å². The van der Waals surface area contributed by atoms with Gasteiger partial charge in [0.25, 0.3) is 0 Å². The topological polar surface area (TPSA) is 56.0 Å². The van der Waals surface area contributed by atoms with E-state index in [4.69, 9.17) is 5.73 Å². The number of primary amides is 1. The van der Waals surface area contributed by atoms with Crippen molar-refractivity contribution in [3.05, 3.63) is 40.6 Å². The monoisotopic (exact) mass is 242 g/mol. The maximum absolute atomic E-state index is 11.0. The zero-order valence-electron chi connectivity index (χ0n) is 11.1. The third-order valence-electron chi connectivity index (χ3n) is 3.22. The Morgan fingerprint density at radius 2 is 1.89 bits per heavy atom. The molecule has 0 spiro atoms. The summed E-state index contributed by atoms with van der Waals surface area (Å²) in [5.74, 6) is -0.261. The van der Waals surface area contributed by atoms with Crippen molar-refractivity contribution in [2.24, 2.45) is 5.73 Å². The first-order valence-corrected chi connectivity index (χ1v) is 6.14. The summed E-state index contributed by atoms with van der Waals surface area (Å²) in [6.07, 6.45) is 1.06. The highest BCUT2D eigenvalue weighted by atomic mass is 16.1. The molecule has 1 aromatic heterocycles. The van der Waals surface area contributed by atoms with E-state index < -0.39 is 0 Å². The summed E-state index contributed by atoms with van der Waals surface area (Å²) in [4.78, 5) is 15.6. The number of pyridine rings is 1. The lowest BCUT2D eigenvalue weighted by Crippen LogP contribution is -2.11. The number of aromatic nitrogens is 1. The fourth-order valence-corrected chi connectivity index (χ4v) is 2.33. The number of fused-ring (bicyclic) bond motifs is 1. The molecule has 0 aliphatic carbocycles. The van der Waals surface area contributed by atoms with Gasteiger partial charge in [-0.1, -0.05) is 12.1 Å². The largest absolute Gasteiger partial charge is 0.370 e. The molecular formula is C15H18N2O. The average Bonchev–Trinajstić information content (AvgIpc) is 2.30. The van der Waals surface area contributed by atoms with E-state index in [0.717, 1.165) is 16.8 Å². The number of hydrogen-bond donors (Lipinski definition) is 1. The van der Waals surface area contributed by atoms with Crippen molar-refractivity contribution in [2.45, 2.75) is 33.6 Å². The van der Waals surface area contributed by atoms with Gasteiger partial charge in [0, 0.05) is 17.5 Å². The van der Waals surface area contributed by atoms with Crippen LogP contribution in [-0.4, -0.2) is 10.9 Å². The van der Waals surface area contributed by atoms with Crippen molar-refractivity contribution in [1.29, 1.82) is 0 Å². The van der Waals surface area contributed by atoms with Crippen LogP contribution in [-0.2, 0) is 11.2 Å². The van der Waals surface area contributed by atoms with E-state index in [0.29, 0.717) is 12.8 Å². The van der Waals surface area contributed by atoms with Gasteiger partial charge in [0.1, 0.15) is 0 Å². The Balaban J connectivity index is 2.64. The summed E-state index contributed by atoms with van der Waals surface area (Å²) in [5, 5.41) is 1.17. The molecule has 0 aliphatic rings. The molecule has 2 aromatic rings. The number of nitrogens with zero attached hydrogens (tertiary/aromatic N) is 1. The fraction of sp³-hybridized carbons (Fsp3) is 0.333. The van der Waals surface area contributed by atoms with Crippen molar-refractivity contribution in [1.82, 2.24) is 4.98 Å². The second kappa shape index (κ2) is 4.77. The molecule has 18 heavy (non-hydrogen) atoms. The molecule has 0 radical (unpaired) electrons. The third-order valence-corrected chi connectivity index (χ3v) is 3.22. The molecule has 2 rings (SSSR count). The molecular weight excluding hydrogens is 224 g/mol. The Kier molecular flexibility index (Phi) is 3.32. The highest BCUT2D eigenvalue weighted by Gasteiger charge is 2.09. The normalized spacial score (nSPS) is 10.8. The highest BCUT2D eigenvalue weighted by Crippen LogP contribution is 2.25. The maximum atomic E-state index is 11.0. The van der Waals surface area contributed by atoms with Gasteiger partial charge < -0.3 is 5.73 Å². The molecule has 3 heteroatoms. The predicted octanol–water partition coefficient (Wildman–Crippen LogP) is 2.58. The molecule has 2 N–H and O–H groups in total. The summed E-state index contributed by atoms with van der Waals surface area (Å²) >= 11 is 0. The van der Waals surface area contributed by atoms with Crippen LogP contribution in [0, 0.1) is 20.8 Å². The average molecular weight is 242 g/mol. The number of carbonyl (C=O) groups is 1. The summed E-state index contributed by atoms with van der Waals surface area (Å²) in [7, 11) is 0. The Bertz CT molecular complexity index is 617. The quantitative estimate of drug-likeness (QED) is 0.899. The molecule has 0 atom stereocenters. The molecule has 1 amide bonds. The van der Waals surface area contributed by atoms with Crippen LogP contribution >= 0.6 is 0 Å². The second-order valence-corrected chi connectivity index (χ2v) is 4.81. The first-order chi connectivity index (χ1) is 8.49. The van der Waals surface area contributed by atoms with Crippen LogP contribution in [0.25, 0.3) is 10.9 Å². The molecule has 0 unspecified atom stereocenters. The number of hydrogen-bond acceptors (Lipinski definition) is 2. The predicted molar refractivity (Wildman–Crippen MR) is 73.5 cm³/mol. The number of rotatable bonds is 3. The summed E-state index contributed by atoms with van der Waals surface area (Å²) in [5.41, 5.74) is 10.8. The van der Waals surface area contributed by atoms with E-state index in [1.54, 1.807) is 0 Å². The van der Waals surface area contributed by atoms with Crippen molar-refractivity contribution in [3.8, 4) is 0 Å². The van der Waals surface area contributed by atoms with Crippen LogP contribution in [0.4, 0.5) is 0 Å². The van der Waals surface area contributed by atoms with E-state index >= 15 is 0 Å². The molecule has 3 nitrogen and oxygen atoms in total. The van der Waals surface area contributed by atoms with Crippen molar-refractivity contribution in [2.75, 3.05) is 0 Å². The minimum Gasteiger partial charge on any atom is -0.370 e. The van der Waals surface area contributed by atoms with Crippen molar-refractivity contribution < 1.29 is 4.79 Å². The highest BCUT2D eigenvalue weighted by molar-refractivity contribution is 5.88. The minimum absolute atomic E-state index is 0.261. The Morgan fingerprint density at radius 1 is 1.22 bits per heavy atom. The molecule has 94 valence electrons. The number of amides is 1. The standard InChI is InChI=1S/C15H18N2O/c1-9-4-5-10(2)15-14(9)12(6-7-13(16)18)8-11(3)17-15/h4-5,8H,6-7H2,1-3H3,(H2,16,18). The van der Waals surface area contributed by atoms with Gasteiger partial charge >= 0.3 is 0 Å². The maximum Gasteiger partial charge on any atom is 0.217 e. The van der Waals surface area contributed by atoms with E-state index in [-0.39, 0.29) is 5.91 Å². The lowest BCUT2D eigenvalue weighted by Gasteiger charge is -2.11. The van der Waals surface area contributed by atoms with Crippen molar-refractivity contribution in [3.63, 3.8) is 0 Å². The van der Waals surface area contributed by atoms with Crippen LogP contribution in [0.3, 0.4) is 0 Å². The Hall–Kier alpha value is -1.90. The van der Waals surface area contributed by atoms with Crippen molar-refractivity contribution >= 4 is 16.8 Å². The summed E-state index contributed by atoms with van der Waals surface area (Å²) < 4.78 is 0. The minimum atomic E-state index is -0.261. The van der Waals surface area contributed by atoms with Gasteiger partial charge in [-0.15, -0.1) is 0 Å². The van der Waals surface area contributed by atoms with Crippen LogP contribution in [0.15, 0.2) is 18.2 Å². The smallest absolute Gasteiger partial charge is 0.217 e. The lowest BCUT2D eigenvalue weighted by atomic mass is 9.97. The lowest BCUT2D eigenvalue weighted by molar-refractivity contribution is -0.117. The number of aryl methyl sites for hydroxylation is 4.